The van der Waals surface area contributed by atoms with Gasteiger partial charge in [0.15, 0.2) is 5.13 Å². The average molecular weight is 284 g/mol. The highest BCUT2D eigenvalue weighted by molar-refractivity contribution is 9.10. The molecule has 0 fully saturated rings. The topological polar surface area (TPSA) is 50.9 Å². The van der Waals surface area contributed by atoms with Gasteiger partial charge in [-0.25, -0.2) is 4.98 Å². The van der Waals surface area contributed by atoms with Crippen molar-refractivity contribution in [2.75, 3.05) is 11.1 Å². The average Bonchev–Trinajstić information content (AvgIpc) is 2.64. The molecule has 5 heteroatoms. The van der Waals surface area contributed by atoms with Gasteiger partial charge in [-0.15, -0.1) is 11.3 Å². The minimum Gasteiger partial charge on any atom is -0.399 e. The summed E-state index contributed by atoms with van der Waals surface area (Å²) in [5, 5.41) is 6.10. The van der Waals surface area contributed by atoms with Gasteiger partial charge in [-0.2, -0.15) is 0 Å². The van der Waals surface area contributed by atoms with E-state index in [1.165, 1.54) is 5.56 Å². The lowest BCUT2D eigenvalue weighted by Gasteiger charge is -2.02. The van der Waals surface area contributed by atoms with E-state index < -0.39 is 0 Å². The second-order valence-corrected chi connectivity index (χ2v) is 4.74. The van der Waals surface area contributed by atoms with Crippen molar-refractivity contribution in [1.82, 2.24) is 4.98 Å². The third-order valence-corrected chi connectivity index (χ3v) is 3.41. The van der Waals surface area contributed by atoms with Crippen molar-refractivity contribution in [3.05, 3.63) is 39.8 Å². The Hall–Kier alpha value is -1.07. The zero-order valence-corrected chi connectivity index (χ0v) is 10.3. The fourth-order valence-corrected chi connectivity index (χ4v) is 2.29. The summed E-state index contributed by atoms with van der Waals surface area (Å²) in [4.78, 5) is 4.24. The molecule has 15 heavy (non-hydrogen) atoms. The van der Waals surface area contributed by atoms with Crippen LogP contribution in [0.2, 0.25) is 0 Å². The molecule has 3 N–H and O–H groups in total. The lowest BCUT2D eigenvalue weighted by Crippen LogP contribution is -1.98. The molecule has 78 valence electrons. The van der Waals surface area contributed by atoms with E-state index in [1.807, 2.05) is 29.6 Å². The van der Waals surface area contributed by atoms with Gasteiger partial charge in [0.1, 0.15) is 4.60 Å². The summed E-state index contributed by atoms with van der Waals surface area (Å²) in [7, 11) is 0. The number of nitrogens with one attached hydrogen (secondary N) is 1. The monoisotopic (exact) mass is 283 g/mol. The van der Waals surface area contributed by atoms with Crippen molar-refractivity contribution in [3.8, 4) is 0 Å². The summed E-state index contributed by atoms with van der Waals surface area (Å²) < 4.78 is 0.868. The smallest absolute Gasteiger partial charge is 0.184 e. The van der Waals surface area contributed by atoms with Gasteiger partial charge < -0.3 is 11.1 Å². The molecule has 0 aliphatic carbocycles. The lowest BCUT2D eigenvalue weighted by molar-refractivity contribution is 1.13. The van der Waals surface area contributed by atoms with Crippen LogP contribution in [-0.2, 0) is 6.54 Å². The second kappa shape index (κ2) is 4.63. The quantitative estimate of drug-likeness (QED) is 0.851. The van der Waals surface area contributed by atoms with Crippen LogP contribution in [0.15, 0.2) is 34.2 Å². The fourth-order valence-electron chi connectivity index (χ4n) is 1.15. The summed E-state index contributed by atoms with van der Waals surface area (Å²) >= 11 is 4.89. The number of rotatable bonds is 3. The van der Waals surface area contributed by atoms with Crippen LogP contribution in [-0.4, -0.2) is 4.98 Å². The van der Waals surface area contributed by atoms with E-state index in [1.54, 1.807) is 11.3 Å². The van der Waals surface area contributed by atoms with Crippen molar-refractivity contribution in [2.45, 2.75) is 6.54 Å². The molecule has 0 spiro atoms. The minimum atomic E-state index is 0.764. The first-order valence-corrected chi connectivity index (χ1v) is 6.10. The predicted octanol–water partition coefficient (Wildman–Crippen LogP) is 3.10. The molecule has 0 saturated carbocycles. The Kier molecular flexibility index (Phi) is 3.23. The highest BCUT2D eigenvalue weighted by Crippen LogP contribution is 2.20. The Balaban J connectivity index is 1.96. The van der Waals surface area contributed by atoms with Crippen molar-refractivity contribution in [3.63, 3.8) is 0 Å². The molecule has 0 unspecified atom stereocenters. The largest absolute Gasteiger partial charge is 0.399 e. The number of aromatic nitrogens is 1. The number of halogens is 1. The Morgan fingerprint density at radius 3 is 2.67 bits per heavy atom. The molecule has 1 aromatic carbocycles. The maximum Gasteiger partial charge on any atom is 0.184 e. The van der Waals surface area contributed by atoms with E-state index in [0.717, 1.165) is 22.0 Å². The van der Waals surface area contributed by atoms with Gasteiger partial charge in [0.05, 0.1) is 0 Å². The van der Waals surface area contributed by atoms with E-state index in [4.69, 9.17) is 5.73 Å². The third-order valence-electron chi connectivity index (χ3n) is 1.90. The molecular formula is C10H10BrN3S. The molecule has 3 nitrogen and oxygen atoms in total. The first-order chi connectivity index (χ1) is 7.24. The zero-order chi connectivity index (χ0) is 10.7. The molecule has 2 aromatic rings. The number of anilines is 2. The molecule has 0 radical (unpaired) electrons. The Labute approximate surface area is 100 Å². The summed E-state index contributed by atoms with van der Waals surface area (Å²) in [6, 6.07) is 7.81. The highest BCUT2D eigenvalue weighted by atomic mass is 79.9. The van der Waals surface area contributed by atoms with Crippen molar-refractivity contribution < 1.29 is 0 Å². The maximum atomic E-state index is 5.60. The standard InChI is InChI=1S/C10H10BrN3S/c11-9-6-15-10(14-9)13-5-7-1-3-8(12)4-2-7/h1-4,6H,5,12H2,(H,13,14). The SMILES string of the molecule is Nc1ccc(CNc2nc(Br)cs2)cc1. The van der Waals surface area contributed by atoms with Crippen LogP contribution in [0.4, 0.5) is 10.8 Å². The van der Waals surface area contributed by atoms with Crippen LogP contribution >= 0.6 is 27.3 Å². The molecule has 0 aliphatic heterocycles. The molecule has 0 amide bonds. The first-order valence-electron chi connectivity index (χ1n) is 4.43. The molecule has 2 rings (SSSR count). The summed E-state index contributed by atoms with van der Waals surface area (Å²) in [5.74, 6) is 0. The van der Waals surface area contributed by atoms with Crippen LogP contribution in [0.1, 0.15) is 5.56 Å². The van der Waals surface area contributed by atoms with Gasteiger partial charge in [0.2, 0.25) is 0 Å². The number of hydrogen-bond donors (Lipinski definition) is 2. The molecular weight excluding hydrogens is 274 g/mol. The molecule has 1 aromatic heterocycles. The minimum absolute atomic E-state index is 0.764. The summed E-state index contributed by atoms with van der Waals surface area (Å²) in [6.07, 6.45) is 0. The van der Waals surface area contributed by atoms with Crippen molar-refractivity contribution in [1.29, 1.82) is 0 Å². The normalized spacial score (nSPS) is 10.2. The van der Waals surface area contributed by atoms with Crippen molar-refractivity contribution in [2.24, 2.45) is 0 Å². The Morgan fingerprint density at radius 1 is 1.33 bits per heavy atom. The predicted molar refractivity (Wildman–Crippen MR) is 68.0 cm³/mol. The van der Waals surface area contributed by atoms with Gasteiger partial charge >= 0.3 is 0 Å². The number of nitrogens with two attached hydrogens (primary N) is 1. The van der Waals surface area contributed by atoms with Crippen LogP contribution < -0.4 is 11.1 Å². The van der Waals surface area contributed by atoms with Crippen molar-refractivity contribution >= 4 is 38.1 Å². The maximum absolute atomic E-state index is 5.60. The fraction of sp³-hybridized carbons (Fsp3) is 0.100. The van der Waals surface area contributed by atoms with Crippen LogP contribution in [0, 0.1) is 0 Å². The van der Waals surface area contributed by atoms with E-state index in [-0.39, 0.29) is 0 Å². The summed E-state index contributed by atoms with van der Waals surface area (Å²) in [5.41, 5.74) is 7.58. The highest BCUT2D eigenvalue weighted by Gasteiger charge is 1.98. The molecule has 0 aliphatic rings. The Morgan fingerprint density at radius 2 is 2.07 bits per heavy atom. The number of nitrogens with zero attached hydrogens (tertiary/aromatic N) is 1. The lowest BCUT2D eigenvalue weighted by atomic mass is 10.2. The van der Waals surface area contributed by atoms with Crippen LogP contribution in [0.3, 0.4) is 0 Å². The first kappa shape index (κ1) is 10.4. The van der Waals surface area contributed by atoms with Crippen LogP contribution in [0.25, 0.3) is 0 Å². The number of nitrogen functional groups attached to an aromatic ring is 1. The van der Waals surface area contributed by atoms with E-state index in [2.05, 4.69) is 26.2 Å². The van der Waals surface area contributed by atoms with Gasteiger partial charge in [-0.05, 0) is 33.6 Å². The van der Waals surface area contributed by atoms with E-state index >= 15 is 0 Å². The van der Waals surface area contributed by atoms with Gasteiger partial charge in [-0.1, -0.05) is 12.1 Å². The van der Waals surface area contributed by atoms with E-state index in [0.29, 0.717) is 0 Å². The number of thiazole rings is 1. The molecule has 0 bridgehead atoms. The number of hydrogen-bond acceptors (Lipinski definition) is 4. The molecule has 0 atom stereocenters. The van der Waals surface area contributed by atoms with Gasteiger partial charge in [0, 0.05) is 17.6 Å². The molecule has 0 saturated heterocycles. The number of benzene rings is 1. The van der Waals surface area contributed by atoms with Crippen LogP contribution in [0.5, 0.6) is 0 Å². The van der Waals surface area contributed by atoms with Gasteiger partial charge in [-0.3, -0.25) is 0 Å². The summed E-state index contributed by atoms with van der Waals surface area (Å²) in [6.45, 7) is 0.764. The second-order valence-electron chi connectivity index (χ2n) is 3.07. The Bertz CT molecular complexity index is 438. The molecule has 1 heterocycles. The third kappa shape index (κ3) is 2.94. The zero-order valence-electron chi connectivity index (χ0n) is 7.90. The van der Waals surface area contributed by atoms with E-state index in [9.17, 15) is 0 Å². The van der Waals surface area contributed by atoms with Gasteiger partial charge in [0.25, 0.3) is 0 Å².